The standard InChI is InChI=1S/C27H46/c1-22(2)13-11-16-25(6)18-12-17-24(5)14-9-10-15-26(7)19-20-27(8)21-23(3)4/h13-15,18,20,23H,9-12,16-17,19,21H2,1-8H3/b24-14+,25-18+,26-15+,27-20-. The molecular weight excluding hydrogens is 324 g/mol. The summed E-state index contributed by atoms with van der Waals surface area (Å²) in [6.07, 6.45) is 21.4. The van der Waals surface area contributed by atoms with Crippen LogP contribution in [-0.2, 0) is 0 Å². The van der Waals surface area contributed by atoms with E-state index >= 15 is 0 Å². The van der Waals surface area contributed by atoms with Crippen LogP contribution in [-0.4, -0.2) is 0 Å². The minimum absolute atomic E-state index is 0.759. The summed E-state index contributed by atoms with van der Waals surface area (Å²) < 4.78 is 0. The molecular formula is C27H46. The van der Waals surface area contributed by atoms with E-state index in [1.807, 2.05) is 0 Å². The normalized spacial score (nSPS) is 14.1. The third-order valence-corrected chi connectivity index (χ3v) is 4.78. The van der Waals surface area contributed by atoms with E-state index in [1.54, 1.807) is 0 Å². The van der Waals surface area contributed by atoms with Gasteiger partial charge in [-0.25, -0.2) is 0 Å². The Morgan fingerprint density at radius 2 is 1.04 bits per heavy atom. The maximum absolute atomic E-state index is 2.43. The van der Waals surface area contributed by atoms with Crippen molar-refractivity contribution >= 4 is 0 Å². The first-order valence-corrected chi connectivity index (χ1v) is 11.0. The van der Waals surface area contributed by atoms with Crippen molar-refractivity contribution in [1.82, 2.24) is 0 Å². The van der Waals surface area contributed by atoms with Crippen LogP contribution in [0.3, 0.4) is 0 Å². The van der Waals surface area contributed by atoms with Crippen LogP contribution < -0.4 is 0 Å². The average molecular weight is 371 g/mol. The molecule has 0 N–H and O–H groups in total. The molecule has 0 aromatic carbocycles. The van der Waals surface area contributed by atoms with Gasteiger partial charge >= 0.3 is 0 Å². The van der Waals surface area contributed by atoms with Gasteiger partial charge in [0.05, 0.1) is 0 Å². The first-order valence-electron chi connectivity index (χ1n) is 11.0. The number of hydrogen-bond donors (Lipinski definition) is 0. The monoisotopic (exact) mass is 370 g/mol. The van der Waals surface area contributed by atoms with Crippen LogP contribution in [0.15, 0.2) is 58.2 Å². The van der Waals surface area contributed by atoms with E-state index in [0.29, 0.717) is 0 Å². The van der Waals surface area contributed by atoms with E-state index in [1.165, 1.54) is 66.4 Å². The van der Waals surface area contributed by atoms with Crippen molar-refractivity contribution in [2.45, 2.75) is 107 Å². The lowest BCUT2D eigenvalue weighted by Crippen LogP contribution is -1.88. The van der Waals surface area contributed by atoms with Crippen LogP contribution in [0.2, 0.25) is 0 Å². The SMILES string of the molecule is CC(C)=CCC/C(C)=C/CC/C(C)=C/CC/C=C(\C)C/C=C(/C)CC(C)C. The Morgan fingerprint density at radius 3 is 1.56 bits per heavy atom. The van der Waals surface area contributed by atoms with Crippen LogP contribution in [0.25, 0.3) is 0 Å². The molecule has 0 heterocycles. The van der Waals surface area contributed by atoms with Gasteiger partial charge in [-0.05, 0) is 98.8 Å². The van der Waals surface area contributed by atoms with Crippen LogP contribution >= 0.6 is 0 Å². The lowest BCUT2D eigenvalue weighted by molar-refractivity contribution is 0.641. The second-order valence-electron chi connectivity index (χ2n) is 8.94. The Bertz CT molecular complexity index is 543. The van der Waals surface area contributed by atoms with Gasteiger partial charge in [0.2, 0.25) is 0 Å². The van der Waals surface area contributed by atoms with Gasteiger partial charge in [-0.2, -0.15) is 0 Å². The summed E-state index contributed by atoms with van der Waals surface area (Å²) in [5, 5.41) is 0. The highest BCUT2D eigenvalue weighted by Crippen LogP contribution is 2.15. The summed E-state index contributed by atoms with van der Waals surface area (Å²) in [6, 6.07) is 0. The van der Waals surface area contributed by atoms with E-state index in [0.717, 1.165) is 18.8 Å². The highest BCUT2D eigenvalue weighted by molar-refractivity contribution is 5.10. The number of hydrogen-bond acceptors (Lipinski definition) is 0. The molecule has 0 saturated heterocycles. The van der Waals surface area contributed by atoms with Crippen molar-refractivity contribution in [3.05, 3.63) is 58.2 Å². The summed E-state index contributed by atoms with van der Waals surface area (Å²) in [7, 11) is 0. The van der Waals surface area contributed by atoms with Crippen molar-refractivity contribution in [2.24, 2.45) is 5.92 Å². The van der Waals surface area contributed by atoms with Crippen molar-refractivity contribution in [2.75, 3.05) is 0 Å². The number of rotatable bonds is 13. The maximum atomic E-state index is 2.43. The molecule has 0 aliphatic heterocycles. The smallest absolute Gasteiger partial charge is 0.0139 e. The highest BCUT2D eigenvalue weighted by atomic mass is 14.0. The summed E-state index contributed by atoms with van der Waals surface area (Å²) in [4.78, 5) is 0. The molecule has 0 amide bonds. The average Bonchev–Trinajstić information content (AvgIpc) is 2.56. The lowest BCUT2D eigenvalue weighted by atomic mass is 10.0. The van der Waals surface area contributed by atoms with Gasteiger partial charge in [-0.15, -0.1) is 0 Å². The minimum atomic E-state index is 0.759. The molecule has 0 heteroatoms. The maximum Gasteiger partial charge on any atom is -0.0139 e. The van der Waals surface area contributed by atoms with E-state index < -0.39 is 0 Å². The molecule has 0 aliphatic carbocycles. The molecule has 0 rings (SSSR count). The van der Waals surface area contributed by atoms with Gasteiger partial charge < -0.3 is 0 Å². The Balaban J connectivity index is 4.09. The Kier molecular flexibility index (Phi) is 15.0. The molecule has 0 saturated carbocycles. The predicted molar refractivity (Wildman–Crippen MR) is 126 cm³/mol. The first kappa shape index (κ1) is 25.7. The fraction of sp³-hybridized carbons (Fsp3) is 0.630. The van der Waals surface area contributed by atoms with E-state index in [9.17, 15) is 0 Å². The molecule has 154 valence electrons. The molecule has 0 aromatic heterocycles. The third kappa shape index (κ3) is 17.9. The zero-order valence-corrected chi connectivity index (χ0v) is 19.6. The molecule has 0 radical (unpaired) electrons. The highest BCUT2D eigenvalue weighted by Gasteiger charge is 1.96. The van der Waals surface area contributed by atoms with Gasteiger partial charge in [0, 0.05) is 0 Å². The van der Waals surface area contributed by atoms with Crippen molar-refractivity contribution in [3.63, 3.8) is 0 Å². The van der Waals surface area contributed by atoms with E-state index in [2.05, 4.69) is 85.8 Å². The molecule has 0 nitrogen and oxygen atoms in total. The van der Waals surface area contributed by atoms with Gasteiger partial charge in [0.15, 0.2) is 0 Å². The summed E-state index contributed by atoms with van der Waals surface area (Å²) >= 11 is 0. The number of allylic oxidation sites excluding steroid dienone is 10. The van der Waals surface area contributed by atoms with Crippen LogP contribution in [0.4, 0.5) is 0 Å². The minimum Gasteiger partial charge on any atom is -0.0856 e. The van der Waals surface area contributed by atoms with Crippen molar-refractivity contribution in [1.29, 1.82) is 0 Å². The fourth-order valence-corrected chi connectivity index (χ4v) is 3.14. The van der Waals surface area contributed by atoms with Gasteiger partial charge in [-0.1, -0.05) is 72.1 Å². The van der Waals surface area contributed by atoms with Crippen LogP contribution in [0, 0.1) is 5.92 Å². The first-order chi connectivity index (χ1) is 12.7. The topological polar surface area (TPSA) is 0 Å². The summed E-state index contributed by atoms with van der Waals surface area (Å²) in [5.41, 5.74) is 7.51. The fourth-order valence-electron chi connectivity index (χ4n) is 3.14. The molecule has 0 bridgehead atoms. The largest absolute Gasteiger partial charge is 0.0856 e. The Hall–Kier alpha value is -1.30. The molecule has 0 spiro atoms. The van der Waals surface area contributed by atoms with Crippen LogP contribution in [0.5, 0.6) is 0 Å². The Morgan fingerprint density at radius 1 is 0.556 bits per heavy atom. The van der Waals surface area contributed by atoms with E-state index in [-0.39, 0.29) is 0 Å². The van der Waals surface area contributed by atoms with Gasteiger partial charge in [-0.3, -0.25) is 0 Å². The lowest BCUT2D eigenvalue weighted by Gasteiger charge is -2.05. The molecule has 27 heavy (non-hydrogen) atoms. The van der Waals surface area contributed by atoms with Gasteiger partial charge in [0.25, 0.3) is 0 Å². The van der Waals surface area contributed by atoms with Gasteiger partial charge in [0.1, 0.15) is 0 Å². The zero-order chi connectivity index (χ0) is 20.7. The third-order valence-electron chi connectivity index (χ3n) is 4.78. The molecule has 0 aromatic rings. The van der Waals surface area contributed by atoms with Crippen molar-refractivity contribution in [3.8, 4) is 0 Å². The zero-order valence-electron chi connectivity index (χ0n) is 19.6. The molecule has 0 atom stereocenters. The molecule has 0 aliphatic rings. The summed E-state index contributed by atoms with van der Waals surface area (Å²) in [5.74, 6) is 0.759. The van der Waals surface area contributed by atoms with Crippen molar-refractivity contribution < 1.29 is 0 Å². The Labute approximate surface area is 171 Å². The molecule has 0 unspecified atom stereocenters. The van der Waals surface area contributed by atoms with E-state index in [4.69, 9.17) is 0 Å². The number of unbranched alkanes of at least 4 members (excludes halogenated alkanes) is 1. The van der Waals surface area contributed by atoms with Crippen LogP contribution in [0.1, 0.15) is 107 Å². The summed E-state index contributed by atoms with van der Waals surface area (Å²) in [6.45, 7) is 18.0. The molecule has 0 fully saturated rings. The second kappa shape index (κ2) is 15.7. The quantitative estimate of drug-likeness (QED) is 0.223. The second-order valence-corrected chi connectivity index (χ2v) is 8.94. The predicted octanol–water partition coefficient (Wildman–Crippen LogP) is 9.51.